The Morgan fingerprint density at radius 3 is 2.53 bits per heavy atom. The summed E-state index contributed by atoms with van der Waals surface area (Å²) in [5, 5.41) is 0. The minimum atomic E-state index is 0.261. The number of hydrogen-bond acceptors (Lipinski definition) is 3. The minimum Gasteiger partial charge on any atom is -0.378 e. The first-order valence-corrected chi connectivity index (χ1v) is 6.80. The number of hydrogen-bond donors (Lipinski definition) is 1. The van der Waals surface area contributed by atoms with E-state index < -0.39 is 0 Å². The molecule has 1 atom stereocenters. The molecular formula is C13H26N2O2. The van der Waals surface area contributed by atoms with Crippen molar-refractivity contribution in [3.63, 3.8) is 0 Å². The summed E-state index contributed by atoms with van der Waals surface area (Å²) in [7, 11) is 0. The van der Waals surface area contributed by atoms with Crippen LogP contribution in [0.5, 0.6) is 0 Å². The van der Waals surface area contributed by atoms with Crippen LogP contribution in [-0.2, 0) is 9.53 Å². The highest BCUT2D eigenvalue weighted by molar-refractivity contribution is 5.76. The molecule has 0 saturated carbocycles. The molecule has 1 rings (SSSR count). The van der Waals surface area contributed by atoms with Gasteiger partial charge in [0.25, 0.3) is 0 Å². The lowest BCUT2D eigenvalue weighted by Crippen LogP contribution is -2.41. The van der Waals surface area contributed by atoms with Crippen molar-refractivity contribution in [1.82, 2.24) is 4.90 Å². The largest absolute Gasteiger partial charge is 0.378 e. The van der Waals surface area contributed by atoms with Gasteiger partial charge in [-0.25, -0.2) is 0 Å². The molecule has 1 unspecified atom stereocenters. The normalized spacial score (nSPS) is 19.4. The Hall–Kier alpha value is -0.610. The van der Waals surface area contributed by atoms with E-state index in [0.717, 1.165) is 39.0 Å². The Bertz CT molecular complexity index is 221. The molecule has 0 aromatic rings. The van der Waals surface area contributed by atoms with Gasteiger partial charge in [-0.05, 0) is 32.2 Å². The van der Waals surface area contributed by atoms with Crippen LogP contribution in [-0.4, -0.2) is 43.2 Å². The van der Waals surface area contributed by atoms with Gasteiger partial charge in [-0.3, -0.25) is 4.79 Å². The number of nitrogens with zero attached hydrogens (tertiary/aromatic N) is 1. The predicted molar refractivity (Wildman–Crippen MR) is 68.7 cm³/mol. The summed E-state index contributed by atoms with van der Waals surface area (Å²) in [6, 6.07) is 0. The molecule has 1 amide bonds. The van der Waals surface area contributed by atoms with E-state index >= 15 is 0 Å². The lowest BCUT2D eigenvalue weighted by atomic mass is 10.0. The second-order valence-corrected chi connectivity index (χ2v) is 4.75. The van der Waals surface area contributed by atoms with E-state index in [1.54, 1.807) is 0 Å². The van der Waals surface area contributed by atoms with Crippen molar-refractivity contribution in [3.8, 4) is 0 Å². The molecule has 4 nitrogen and oxygen atoms in total. The molecule has 0 aromatic carbocycles. The third-order valence-corrected chi connectivity index (χ3v) is 3.57. The summed E-state index contributed by atoms with van der Waals surface area (Å²) < 4.78 is 5.58. The molecular weight excluding hydrogens is 216 g/mol. The van der Waals surface area contributed by atoms with Gasteiger partial charge in [-0.15, -0.1) is 0 Å². The fraction of sp³-hybridized carbons (Fsp3) is 0.923. The Kier molecular flexibility index (Phi) is 6.52. The van der Waals surface area contributed by atoms with Crippen LogP contribution in [0.15, 0.2) is 0 Å². The molecule has 0 aliphatic carbocycles. The number of likely N-dealkylation sites (tertiary alicyclic amines) is 1. The average molecular weight is 242 g/mol. The van der Waals surface area contributed by atoms with Crippen LogP contribution in [0.1, 0.15) is 39.5 Å². The molecule has 2 N–H and O–H groups in total. The third-order valence-electron chi connectivity index (χ3n) is 3.57. The van der Waals surface area contributed by atoms with Crippen LogP contribution >= 0.6 is 0 Å². The lowest BCUT2D eigenvalue weighted by Gasteiger charge is -2.32. The van der Waals surface area contributed by atoms with Gasteiger partial charge in [0.1, 0.15) is 0 Å². The van der Waals surface area contributed by atoms with Gasteiger partial charge in [0.15, 0.2) is 0 Å². The fourth-order valence-electron chi connectivity index (χ4n) is 2.28. The van der Waals surface area contributed by atoms with Crippen LogP contribution in [0, 0.1) is 5.92 Å². The highest BCUT2D eigenvalue weighted by Gasteiger charge is 2.23. The maximum Gasteiger partial charge on any atom is 0.222 e. The number of nitrogens with two attached hydrogens (primary N) is 1. The molecule has 4 heteroatoms. The van der Waals surface area contributed by atoms with Crippen molar-refractivity contribution in [1.29, 1.82) is 0 Å². The second kappa shape index (κ2) is 7.67. The van der Waals surface area contributed by atoms with Gasteiger partial charge in [-0.2, -0.15) is 0 Å². The fourth-order valence-corrected chi connectivity index (χ4v) is 2.28. The van der Waals surface area contributed by atoms with Gasteiger partial charge < -0.3 is 15.4 Å². The quantitative estimate of drug-likeness (QED) is 0.765. The molecule has 0 radical (unpaired) electrons. The van der Waals surface area contributed by atoms with Crippen molar-refractivity contribution < 1.29 is 9.53 Å². The zero-order valence-electron chi connectivity index (χ0n) is 11.2. The molecule has 1 fully saturated rings. The van der Waals surface area contributed by atoms with Gasteiger partial charge >= 0.3 is 0 Å². The van der Waals surface area contributed by atoms with Crippen molar-refractivity contribution >= 4 is 5.91 Å². The van der Waals surface area contributed by atoms with Gasteiger partial charge in [-0.1, -0.05) is 13.3 Å². The Morgan fingerprint density at radius 1 is 1.41 bits per heavy atom. The molecule has 1 saturated heterocycles. The first-order valence-electron chi connectivity index (χ1n) is 6.80. The SMILES string of the molecule is CCOC1CCN(C(=O)CC(CC)CN)CC1. The van der Waals surface area contributed by atoms with Crippen molar-refractivity contribution in [3.05, 3.63) is 0 Å². The van der Waals surface area contributed by atoms with Crippen LogP contribution in [0.4, 0.5) is 0 Å². The molecule has 0 aromatic heterocycles. The summed E-state index contributed by atoms with van der Waals surface area (Å²) in [5.74, 6) is 0.601. The zero-order chi connectivity index (χ0) is 12.7. The highest BCUT2D eigenvalue weighted by Crippen LogP contribution is 2.16. The van der Waals surface area contributed by atoms with Crippen LogP contribution in [0.25, 0.3) is 0 Å². The first kappa shape index (κ1) is 14.5. The summed E-state index contributed by atoms with van der Waals surface area (Å²) in [5.41, 5.74) is 5.63. The molecule has 1 aliphatic rings. The van der Waals surface area contributed by atoms with Crippen LogP contribution in [0.2, 0.25) is 0 Å². The van der Waals surface area contributed by atoms with E-state index in [1.807, 2.05) is 11.8 Å². The van der Waals surface area contributed by atoms with Gasteiger partial charge in [0.05, 0.1) is 6.10 Å². The van der Waals surface area contributed by atoms with E-state index in [0.29, 0.717) is 25.0 Å². The Labute approximate surface area is 104 Å². The molecule has 0 bridgehead atoms. The summed E-state index contributed by atoms with van der Waals surface area (Å²) in [4.78, 5) is 14.0. The predicted octanol–water partition coefficient (Wildman–Crippen LogP) is 1.39. The zero-order valence-corrected chi connectivity index (χ0v) is 11.2. The molecule has 1 aliphatic heterocycles. The Balaban J connectivity index is 2.30. The van der Waals surface area contributed by atoms with Crippen LogP contribution < -0.4 is 5.73 Å². The minimum absolute atomic E-state index is 0.261. The number of carbonyl (C=O) groups is 1. The van der Waals surface area contributed by atoms with E-state index in [-0.39, 0.29) is 5.91 Å². The van der Waals surface area contributed by atoms with Crippen LogP contribution in [0.3, 0.4) is 0 Å². The van der Waals surface area contributed by atoms with Gasteiger partial charge in [0, 0.05) is 26.1 Å². The van der Waals surface area contributed by atoms with E-state index in [1.165, 1.54) is 0 Å². The van der Waals surface area contributed by atoms with E-state index in [9.17, 15) is 4.79 Å². The van der Waals surface area contributed by atoms with E-state index in [2.05, 4.69) is 6.92 Å². The van der Waals surface area contributed by atoms with Crippen molar-refractivity contribution in [2.45, 2.75) is 45.6 Å². The monoisotopic (exact) mass is 242 g/mol. The van der Waals surface area contributed by atoms with Gasteiger partial charge in [0.2, 0.25) is 5.91 Å². The molecule has 1 heterocycles. The highest BCUT2D eigenvalue weighted by atomic mass is 16.5. The summed E-state index contributed by atoms with van der Waals surface area (Å²) >= 11 is 0. The standard InChI is InChI=1S/C13H26N2O2/c1-3-11(10-14)9-13(16)15-7-5-12(6-8-15)17-4-2/h11-12H,3-10,14H2,1-2H3. The average Bonchev–Trinajstić information content (AvgIpc) is 2.37. The molecule has 0 spiro atoms. The third kappa shape index (κ3) is 4.64. The second-order valence-electron chi connectivity index (χ2n) is 4.75. The smallest absolute Gasteiger partial charge is 0.222 e. The Morgan fingerprint density at radius 2 is 2.06 bits per heavy atom. The maximum absolute atomic E-state index is 12.0. The molecule has 17 heavy (non-hydrogen) atoms. The first-order chi connectivity index (χ1) is 8.21. The summed E-state index contributed by atoms with van der Waals surface area (Å²) in [6.45, 7) is 7.16. The molecule has 100 valence electrons. The van der Waals surface area contributed by atoms with Crippen molar-refractivity contribution in [2.75, 3.05) is 26.2 Å². The number of ether oxygens (including phenoxy) is 1. The topological polar surface area (TPSA) is 55.6 Å². The maximum atomic E-state index is 12.0. The number of piperidine rings is 1. The van der Waals surface area contributed by atoms with Crippen molar-refractivity contribution in [2.24, 2.45) is 11.7 Å². The number of amides is 1. The lowest BCUT2D eigenvalue weighted by molar-refractivity contribution is -0.134. The number of carbonyl (C=O) groups excluding carboxylic acids is 1. The number of rotatable bonds is 6. The van der Waals surface area contributed by atoms with E-state index in [4.69, 9.17) is 10.5 Å². The summed E-state index contributed by atoms with van der Waals surface area (Å²) in [6.07, 6.45) is 3.88.